The highest BCUT2D eigenvalue weighted by molar-refractivity contribution is 4.91. The summed E-state index contributed by atoms with van der Waals surface area (Å²) in [4.78, 5) is 2.42. The highest BCUT2D eigenvalue weighted by Crippen LogP contribution is 2.08. The SMILES string of the molecule is CC=CCC=CN1CCCCC1. The topological polar surface area (TPSA) is 3.24 Å². The van der Waals surface area contributed by atoms with Crippen molar-refractivity contribution in [3.8, 4) is 0 Å². The first-order valence-electron chi connectivity index (χ1n) is 4.95. The standard InChI is InChI=1S/C11H19N/c1-2-3-4-6-9-12-10-7-5-8-11-12/h2-3,6,9H,4-5,7-8,10-11H2,1H3. The summed E-state index contributed by atoms with van der Waals surface area (Å²) in [5.41, 5.74) is 0. The van der Waals surface area contributed by atoms with E-state index in [1.165, 1.54) is 32.4 Å². The highest BCUT2D eigenvalue weighted by atomic mass is 15.1. The van der Waals surface area contributed by atoms with Gasteiger partial charge in [-0.15, -0.1) is 0 Å². The van der Waals surface area contributed by atoms with Crippen LogP contribution in [-0.2, 0) is 0 Å². The third-order valence-electron chi connectivity index (χ3n) is 2.21. The fourth-order valence-corrected chi connectivity index (χ4v) is 1.49. The van der Waals surface area contributed by atoms with Crippen molar-refractivity contribution in [2.75, 3.05) is 13.1 Å². The maximum atomic E-state index is 2.42. The summed E-state index contributed by atoms with van der Waals surface area (Å²) in [6, 6.07) is 0. The Hall–Kier alpha value is -0.720. The molecular weight excluding hydrogens is 146 g/mol. The number of nitrogens with zero attached hydrogens (tertiary/aromatic N) is 1. The molecule has 0 aromatic rings. The molecule has 0 aromatic carbocycles. The van der Waals surface area contributed by atoms with Gasteiger partial charge in [-0.2, -0.15) is 0 Å². The van der Waals surface area contributed by atoms with Crippen LogP contribution in [0, 0.1) is 0 Å². The Morgan fingerprint density at radius 2 is 1.83 bits per heavy atom. The van der Waals surface area contributed by atoms with E-state index in [1.54, 1.807) is 0 Å². The van der Waals surface area contributed by atoms with Crippen molar-refractivity contribution >= 4 is 0 Å². The number of hydrogen-bond acceptors (Lipinski definition) is 1. The van der Waals surface area contributed by atoms with E-state index in [-0.39, 0.29) is 0 Å². The van der Waals surface area contributed by atoms with E-state index in [0.29, 0.717) is 0 Å². The lowest BCUT2D eigenvalue weighted by molar-refractivity contribution is 0.309. The normalized spacial score (nSPS) is 19.6. The number of allylic oxidation sites excluding steroid dienone is 3. The maximum Gasteiger partial charge on any atom is 0.0172 e. The van der Waals surface area contributed by atoms with Gasteiger partial charge in [0.05, 0.1) is 0 Å². The van der Waals surface area contributed by atoms with Crippen LogP contribution in [0.25, 0.3) is 0 Å². The van der Waals surface area contributed by atoms with Gasteiger partial charge in [0.1, 0.15) is 0 Å². The summed E-state index contributed by atoms with van der Waals surface area (Å²) >= 11 is 0. The van der Waals surface area contributed by atoms with Gasteiger partial charge in [0.15, 0.2) is 0 Å². The minimum absolute atomic E-state index is 1.08. The number of piperidine rings is 1. The summed E-state index contributed by atoms with van der Waals surface area (Å²) in [5, 5.41) is 0. The van der Waals surface area contributed by atoms with Crippen molar-refractivity contribution in [2.45, 2.75) is 32.6 Å². The Kier molecular flexibility index (Phi) is 4.58. The van der Waals surface area contributed by atoms with Crippen LogP contribution in [0.5, 0.6) is 0 Å². The van der Waals surface area contributed by atoms with E-state index in [2.05, 4.69) is 36.3 Å². The lowest BCUT2D eigenvalue weighted by atomic mass is 10.1. The smallest absolute Gasteiger partial charge is 0.0172 e. The van der Waals surface area contributed by atoms with E-state index in [9.17, 15) is 0 Å². The van der Waals surface area contributed by atoms with Gasteiger partial charge >= 0.3 is 0 Å². The number of rotatable bonds is 3. The molecule has 0 spiro atoms. The van der Waals surface area contributed by atoms with Gasteiger partial charge in [0, 0.05) is 13.1 Å². The van der Waals surface area contributed by atoms with Crippen molar-refractivity contribution in [1.29, 1.82) is 0 Å². The molecule has 1 saturated heterocycles. The first kappa shape index (κ1) is 9.37. The second-order valence-electron chi connectivity index (χ2n) is 3.29. The van der Waals surface area contributed by atoms with E-state index in [0.717, 1.165) is 6.42 Å². The second-order valence-corrected chi connectivity index (χ2v) is 3.29. The monoisotopic (exact) mass is 165 g/mol. The van der Waals surface area contributed by atoms with Crippen molar-refractivity contribution in [3.63, 3.8) is 0 Å². The molecule has 0 aliphatic carbocycles. The number of hydrogen-bond donors (Lipinski definition) is 0. The molecule has 0 radical (unpaired) electrons. The lowest BCUT2D eigenvalue weighted by Crippen LogP contribution is -2.23. The summed E-state index contributed by atoms with van der Waals surface area (Å²) in [7, 11) is 0. The molecule has 1 nitrogen and oxygen atoms in total. The zero-order valence-corrected chi connectivity index (χ0v) is 8.00. The lowest BCUT2D eigenvalue weighted by Gasteiger charge is -2.24. The predicted molar refractivity (Wildman–Crippen MR) is 54.0 cm³/mol. The Bertz CT molecular complexity index is 152. The minimum Gasteiger partial charge on any atom is -0.378 e. The molecule has 1 aliphatic rings. The maximum absolute atomic E-state index is 2.42. The summed E-state index contributed by atoms with van der Waals surface area (Å²) < 4.78 is 0. The van der Waals surface area contributed by atoms with E-state index < -0.39 is 0 Å². The Morgan fingerprint density at radius 1 is 1.08 bits per heavy atom. The highest BCUT2D eigenvalue weighted by Gasteiger charge is 2.03. The van der Waals surface area contributed by atoms with Crippen LogP contribution in [0.4, 0.5) is 0 Å². The third-order valence-corrected chi connectivity index (χ3v) is 2.21. The average Bonchev–Trinajstić information content (AvgIpc) is 2.14. The quantitative estimate of drug-likeness (QED) is 0.581. The molecule has 1 aliphatic heterocycles. The molecular formula is C11H19N. The molecule has 0 N–H and O–H groups in total. The Balaban J connectivity index is 2.15. The van der Waals surface area contributed by atoms with Crippen LogP contribution >= 0.6 is 0 Å². The van der Waals surface area contributed by atoms with Gasteiger partial charge in [0.2, 0.25) is 0 Å². The number of likely N-dealkylation sites (tertiary alicyclic amines) is 1. The van der Waals surface area contributed by atoms with Crippen molar-refractivity contribution < 1.29 is 0 Å². The molecule has 1 fully saturated rings. The first-order valence-corrected chi connectivity index (χ1v) is 4.95. The molecule has 0 atom stereocenters. The van der Waals surface area contributed by atoms with Crippen LogP contribution in [0.3, 0.4) is 0 Å². The largest absolute Gasteiger partial charge is 0.378 e. The first-order chi connectivity index (χ1) is 5.93. The van der Waals surface area contributed by atoms with Crippen LogP contribution in [0.1, 0.15) is 32.6 Å². The molecule has 0 bridgehead atoms. The zero-order chi connectivity index (χ0) is 8.65. The third kappa shape index (κ3) is 3.61. The van der Waals surface area contributed by atoms with Crippen molar-refractivity contribution in [2.24, 2.45) is 0 Å². The minimum atomic E-state index is 1.08. The van der Waals surface area contributed by atoms with Gasteiger partial charge in [-0.25, -0.2) is 0 Å². The molecule has 12 heavy (non-hydrogen) atoms. The second kappa shape index (κ2) is 5.87. The van der Waals surface area contributed by atoms with Crippen molar-refractivity contribution in [3.05, 3.63) is 24.4 Å². The molecule has 0 saturated carbocycles. The van der Waals surface area contributed by atoms with E-state index >= 15 is 0 Å². The van der Waals surface area contributed by atoms with Gasteiger partial charge < -0.3 is 4.90 Å². The molecule has 0 unspecified atom stereocenters. The van der Waals surface area contributed by atoms with Crippen molar-refractivity contribution in [1.82, 2.24) is 4.90 Å². The molecule has 1 heterocycles. The van der Waals surface area contributed by atoms with Gasteiger partial charge in [-0.1, -0.05) is 18.2 Å². The van der Waals surface area contributed by atoms with Crippen LogP contribution in [0.15, 0.2) is 24.4 Å². The molecule has 0 aromatic heterocycles. The predicted octanol–water partition coefficient (Wildman–Crippen LogP) is 2.95. The van der Waals surface area contributed by atoms with E-state index in [1.807, 2.05) is 0 Å². The van der Waals surface area contributed by atoms with Crippen LogP contribution in [0.2, 0.25) is 0 Å². The molecule has 1 heteroatoms. The molecule has 1 rings (SSSR count). The Labute approximate surface area is 75.8 Å². The van der Waals surface area contributed by atoms with E-state index in [4.69, 9.17) is 0 Å². The fourth-order valence-electron chi connectivity index (χ4n) is 1.49. The van der Waals surface area contributed by atoms with Crippen LogP contribution in [-0.4, -0.2) is 18.0 Å². The average molecular weight is 165 g/mol. The fraction of sp³-hybridized carbons (Fsp3) is 0.636. The van der Waals surface area contributed by atoms with Gasteiger partial charge in [0.25, 0.3) is 0 Å². The summed E-state index contributed by atoms with van der Waals surface area (Å²) in [6.45, 7) is 4.58. The van der Waals surface area contributed by atoms with Gasteiger partial charge in [-0.05, 0) is 38.8 Å². The Morgan fingerprint density at radius 3 is 2.50 bits per heavy atom. The summed E-state index contributed by atoms with van der Waals surface area (Å²) in [5.74, 6) is 0. The summed E-state index contributed by atoms with van der Waals surface area (Å²) in [6.07, 6.45) is 14.0. The molecule has 68 valence electrons. The molecule has 0 amide bonds. The van der Waals surface area contributed by atoms with Crippen LogP contribution < -0.4 is 0 Å². The zero-order valence-electron chi connectivity index (χ0n) is 8.00. The van der Waals surface area contributed by atoms with Gasteiger partial charge in [-0.3, -0.25) is 0 Å².